The molecule has 10 rings (SSSR count). The Labute approximate surface area is 284 Å². The van der Waals surface area contributed by atoms with Gasteiger partial charge in [-0.25, -0.2) is 4.85 Å². The summed E-state index contributed by atoms with van der Waals surface area (Å²) in [5, 5.41) is 16.7. The van der Waals surface area contributed by atoms with Crippen molar-refractivity contribution < 1.29 is 0 Å². The number of fused-ring (bicyclic) bond motifs is 10. The molecule has 0 aliphatic heterocycles. The molecule has 0 N–H and O–H groups in total. The maximum absolute atomic E-state index is 9.62. The second-order valence-corrected chi connectivity index (χ2v) is 13.3. The summed E-state index contributed by atoms with van der Waals surface area (Å²) in [6.45, 7) is 8.02. The predicted octanol–water partition coefficient (Wildman–Crippen LogP) is 11.7. The number of aromatic nitrogens is 3. The molecule has 0 aliphatic carbocycles. The standard InChI is InChI=1S/C43H23N5S/c1-45-29-20-28(22-31(23-29)48-36-11-4-2-9-32(36)35-19-26(24-44)13-14-37(35)48)27-7-6-8-30(21-27)47-38-15-16-41-43(34-10-3-5-12-40(34)49-41)42(38)33-17-18-46-25-39(33)47/h2-23,25H. The first-order chi connectivity index (χ1) is 24.2. The second-order valence-electron chi connectivity index (χ2n) is 12.3. The van der Waals surface area contributed by atoms with Gasteiger partial charge >= 0.3 is 0 Å². The first kappa shape index (κ1) is 27.4. The molecule has 0 unspecified atom stereocenters. The second kappa shape index (κ2) is 10.4. The zero-order chi connectivity index (χ0) is 32.6. The number of hydrogen-bond acceptors (Lipinski definition) is 3. The van der Waals surface area contributed by atoms with Crippen LogP contribution in [0.3, 0.4) is 0 Å². The summed E-state index contributed by atoms with van der Waals surface area (Å²) < 4.78 is 7.07. The minimum Gasteiger partial charge on any atom is -0.310 e. The lowest BCUT2D eigenvalue weighted by Crippen LogP contribution is -1.96. The van der Waals surface area contributed by atoms with E-state index in [0.29, 0.717) is 11.3 Å². The van der Waals surface area contributed by atoms with Crippen molar-refractivity contribution in [3.8, 4) is 28.6 Å². The molecular formula is C43H23N5S. The Morgan fingerprint density at radius 2 is 1.39 bits per heavy atom. The monoisotopic (exact) mass is 641 g/mol. The van der Waals surface area contributed by atoms with Gasteiger partial charge in [-0.15, -0.1) is 11.3 Å². The molecule has 0 bridgehead atoms. The zero-order valence-electron chi connectivity index (χ0n) is 25.9. The van der Waals surface area contributed by atoms with Crippen LogP contribution in [-0.2, 0) is 0 Å². The SMILES string of the molecule is [C-]#[N+]c1cc(-c2cccc(-n3c4cnccc4c4c5c(ccc43)sc3ccccc35)c2)cc(-n2c3ccccc3c3cc(C#N)ccc32)c1. The van der Waals surface area contributed by atoms with Gasteiger partial charge in [-0.2, -0.15) is 5.26 Å². The summed E-state index contributed by atoms with van der Waals surface area (Å²) >= 11 is 1.83. The Hall–Kier alpha value is -6.73. The lowest BCUT2D eigenvalue weighted by atomic mass is 10.0. The van der Waals surface area contributed by atoms with Gasteiger partial charge in [-0.05, 0) is 90.0 Å². The summed E-state index contributed by atoms with van der Waals surface area (Å²) in [6.07, 6.45) is 3.84. The fourth-order valence-corrected chi connectivity index (χ4v) is 8.66. The fourth-order valence-electron chi connectivity index (χ4n) is 7.55. The largest absolute Gasteiger partial charge is 0.310 e. The van der Waals surface area contributed by atoms with Crippen LogP contribution in [0.2, 0.25) is 0 Å². The number of nitriles is 1. The highest BCUT2D eigenvalue weighted by Crippen LogP contribution is 2.43. The van der Waals surface area contributed by atoms with Gasteiger partial charge in [-0.3, -0.25) is 4.98 Å². The van der Waals surface area contributed by atoms with E-state index in [9.17, 15) is 5.26 Å². The number of rotatable bonds is 3. The van der Waals surface area contributed by atoms with E-state index in [1.807, 2.05) is 66.2 Å². The minimum atomic E-state index is 0.560. The van der Waals surface area contributed by atoms with E-state index in [4.69, 9.17) is 6.57 Å². The van der Waals surface area contributed by atoms with E-state index >= 15 is 0 Å². The molecule has 0 aliphatic rings. The van der Waals surface area contributed by atoms with Gasteiger partial charge in [0.1, 0.15) is 0 Å². The quantitative estimate of drug-likeness (QED) is 0.180. The molecule has 0 saturated carbocycles. The van der Waals surface area contributed by atoms with Gasteiger partial charge in [0.15, 0.2) is 5.69 Å². The molecule has 4 heterocycles. The number of para-hydroxylation sites is 1. The first-order valence-corrected chi connectivity index (χ1v) is 16.8. The van der Waals surface area contributed by atoms with Crippen molar-refractivity contribution in [1.29, 1.82) is 5.26 Å². The topological polar surface area (TPSA) is 50.9 Å². The van der Waals surface area contributed by atoms with E-state index in [2.05, 4.69) is 110 Å². The van der Waals surface area contributed by atoms with Crippen LogP contribution in [0.4, 0.5) is 5.69 Å². The average molecular weight is 642 g/mol. The smallest absolute Gasteiger partial charge is 0.189 e. The molecule has 6 aromatic carbocycles. The molecule has 49 heavy (non-hydrogen) atoms. The van der Waals surface area contributed by atoms with Crippen molar-refractivity contribution in [3.05, 3.63) is 157 Å². The number of thiophene rings is 1. The van der Waals surface area contributed by atoms with Crippen molar-refractivity contribution in [2.75, 3.05) is 0 Å². The van der Waals surface area contributed by atoms with Crippen molar-refractivity contribution in [3.63, 3.8) is 0 Å². The molecule has 10 aromatic rings. The molecule has 0 fully saturated rings. The summed E-state index contributed by atoms with van der Waals surface area (Å²) in [6, 6.07) is 46.2. The van der Waals surface area contributed by atoms with E-state index in [0.717, 1.165) is 55.3 Å². The van der Waals surface area contributed by atoms with Crippen LogP contribution in [0.5, 0.6) is 0 Å². The third-order valence-electron chi connectivity index (χ3n) is 9.60. The third-order valence-corrected chi connectivity index (χ3v) is 10.7. The highest BCUT2D eigenvalue weighted by atomic mass is 32.1. The van der Waals surface area contributed by atoms with Crippen molar-refractivity contribution >= 4 is 80.8 Å². The van der Waals surface area contributed by atoms with Gasteiger partial charge in [0.2, 0.25) is 0 Å². The maximum atomic E-state index is 9.62. The Morgan fingerprint density at radius 3 is 2.29 bits per heavy atom. The van der Waals surface area contributed by atoms with Crippen LogP contribution < -0.4 is 0 Å². The summed E-state index contributed by atoms with van der Waals surface area (Å²) in [5.74, 6) is 0. The summed E-state index contributed by atoms with van der Waals surface area (Å²) in [4.78, 5) is 8.45. The molecule has 226 valence electrons. The van der Waals surface area contributed by atoms with Gasteiger partial charge in [0, 0.05) is 59.3 Å². The van der Waals surface area contributed by atoms with Gasteiger partial charge in [-0.1, -0.05) is 48.5 Å². The average Bonchev–Trinajstić information content (AvgIpc) is 3.82. The zero-order valence-corrected chi connectivity index (χ0v) is 26.7. The molecule has 5 nitrogen and oxygen atoms in total. The fraction of sp³-hybridized carbons (Fsp3) is 0. The van der Waals surface area contributed by atoms with Crippen LogP contribution in [-0.4, -0.2) is 14.1 Å². The predicted molar refractivity (Wildman–Crippen MR) is 202 cm³/mol. The molecule has 0 amide bonds. The lowest BCUT2D eigenvalue weighted by molar-refractivity contribution is 1.16. The van der Waals surface area contributed by atoms with Crippen LogP contribution in [0.15, 0.2) is 140 Å². The molecule has 6 heteroatoms. The van der Waals surface area contributed by atoms with Crippen LogP contribution in [0.1, 0.15) is 5.56 Å². The van der Waals surface area contributed by atoms with Crippen LogP contribution >= 0.6 is 11.3 Å². The van der Waals surface area contributed by atoms with Gasteiger partial charge in [0.25, 0.3) is 0 Å². The van der Waals surface area contributed by atoms with E-state index < -0.39 is 0 Å². The Balaban J connectivity index is 1.20. The van der Waals surface area contributed by atoms with Crippen molar-refractivity contribution in [1.82, 2.24) is 14.1 Å². The molecule has 0 atom stereocenters. The lowest BCUT2D eigenvalue weighted by Gasteiger charge is -2.13. The van der Waals surface area contributed by atoms with E-state index in [1.165, 1.54) is 30.9 Å². The minimum absolute atomic E-state index is 0.560. The molecular weight excluding hydrogens is 619 g/mol. The van der Waals surface area contributed by atoms with Gasteiger partial charge < -0.3 is 9.13 Å². The first-order valence-electron chi connectivity index (χ1n) is 16.0. The summed E-state index contributed by atoms with van der Waals surface area (Å²) in [7, 11) is 0. The van der Waals surface area contributed by atoms with Crippen LogP contribution in [0, 0.1) is 17.9 Å². The van der Waals surface area contributed by atoms with E-state index in [-0.39, 0.29) is 0 Å². The molecule has 0 saturated heterocycles. The molecule has 0 spiro atoms. The Bertz CT molecular complexity index is 3090. The third kappa shape index (κ3) is 3.99. The van der Waals surface area contributed by atoms with Crippen molar-refractivity contribution in [2.45, 2.75) is 0 Å². The van der Waals surface area contributed by atoms with E-state index in [1.54, 1.807) is 0 Å². The number of pyridine rings is 1. The van der Waals surface area contributed by atoms with Crippen molar-refractivity contribution in [2.24, 2.45) is 0 Å². The summed E-state index contributed by atoms with van der Waals surface area (Å²) in [5.41, 5.74) is 9.28. The Kier molecular flexibility index (Phi) is 5.81. The number of nitrogens with zero attached hydrogens (tertiary/aromatic N) is 5. The molecule has 0 radical (unpaired) electrons. The highest BCUT2D eigenvalue weighted by molar-refractivity contribution is 7.26. The normalized spacial score (nSPS) is 11.6. The highest BCUT2D eigenvalue weighted by Gasteiger charge is 2.19. The molecule has 4 aromatic heterocycles. The van der Waals surface area contributed by atoms with Gasteiger partial charge in [0.05, 0.1) is 46.5 Å². The van der Waals surface area contributed by atoms with Crippen LogP contribution in [0.25, 0.3) is 91.1 Å². The Morgan fingerprint density at radius 1 is 0.592 bits per heavy atom. The number of hydrogen-bond donors (Lipinski definition) is 0. The number of benzene rings is 6. The maximum Gasteiger partial charge on any atom is 0.189 e.